The number of benzene rings is 2. The van der Waals surface area contributed by atoms with Crippen molar-refractivity contribution in [2.45, 2.75) is 13.0 Å². The summed E-state index contributed by atoms with van der Waals surface area (Å²) < 4.78 is 26.2. The Kier molecular flexibility index (Phi) is 3.48. The summed E-state index contributed by atoms with van der Waals surface area (Å²) in [6.07, 6.45) is 3.27. The summed E-state index contributed by atoms with van der Waals surface area (Å²) >= 11 is 0. The maximum atomic E-state index is 13.3. The third-order valence-electron chi connectivity index (χ3n) is 3.30. The van der Waals surface area contributed by atoms with Gasteiger partial charge in [0, 0.05) is 24.1 Å². The van der Waals surface area contributed by atoms with Gasteiger partial charge in [-0.25, -0.2) is 8.78 Å². The monoisotopic (exact) mass is 285 g/mol. The second-order valence-corrected chi connectivity index (χ2v) is 4.80. The minimum Gasteiger partial charge on any atom is -0.378 e. The fraction of sp³-hybridized carbons (Fsp3) is 0.125. The molecule has 1 aromatic heterocycles. The van der Waals surface area contributed by atoms with E-state index in [1.807, 2.05) is 25.1 Å². The third kappa shape index (κ3) is 2.81. The van der Waals surface area contributed by atoms with E-state index in [0.29, 0.717) is 5.56 Å². The molecule has 0 aliphatic heterocycles. The lowest BCUT2D eigenvalue weighted by molar-refractivity contribution is 0.506. The van der Waals surface area contributed by atoms with Crippen LogP contribution in [0.15, 0.2) is 48.8 Å². The van der Waals surface area contributed by atoms with E-state index in [9.17, 15) is 8.78 Å². The quantitative estimate of drug-likeness (QED) is 0.788. The second kappa shape index (κ2) is 5.44. The molecule has 0 saturated carbocycles. The number of fused-ring (bicyclic) bond motifs is 1. The van der Waals surface area contributed by atoms with Crippen molar-refractivity contribution in [2.75, 3.05) is 5.32 Å². The Morgan fingerprint density at radius 1 is 0.905 bits per heavy atom. The van der Waals surface area contributed by atoms with Crippen LogP contribution in [-0.4, -0.2) is 9.97 Å². The lowest BCUT2D eigenvalue weighted by Gasteiger charge is -2.16. The number of aromatic nitrogens is 2. The van der Waals surface area contributed by atoms with Gasteiger partial charge in [0.2, 0.25) is 0 Å². The van der Waals surface area contributed by atoms with Crippen LogP contribution in [0.3, 0.4) is 0 Å². The van der Waals surface area contributed by atoms with Gasteiger partial charge in [-0.2, -0.15) is 0 Å². The highest BCUT2D eigenvalue weighted by Gasteiger charge is 2.09. The molecule has 1 atom stereocenters. The highest BCUT2D eigenvalue weighted by Crippen LogP contribution is 2.22. The van der Waals surface area contributed by atoms with Crippen molar-refractivity contribution in [1.82, 2.24) is 9.97 Å². The summed E-state index contributed by atoms with van der Waals surface area (Å²) in [4.78, 5) is 8.43. The minimum absolute atomic E-state index is 0.158. The van der Waals surface area contributed by atoms with E-state index < -0.39 is 11.6 Å². The standard InChI is InChI=1S/C16H13F2N3/c1-10(11-2-4-13(17)14(18)8-11)21-12-3-5-15-16(9-12)20-7-6-19-15/h2-10,21H,1H3. The van der Waals surface area contributed by atoms with E-state index >= 15 is 0 Å². The van der Waals surface area contributed by atoms with Gasteiger partial charge in [-0.1, -0.05) is 6.07 Å². The van der Waals surface area contributed by atoms with Gasteiger partial charge in [-0.05, 0) is 42.8 Å². The predicted molar refractivity (Wildman–Crippen MR) is 77.9 cm³/mol. The number of hydrogen-bond acceptors (Lipinski definition) is 3. The third-order valence-corrected chi connectivity index (χ3v) is 3.30. The first-order valence-corrected chi connectivity index (χ1v) is 6.56. The first kappa shape index (κ1) is 13.4. The summed E-state index contributed by atoms with van der Waals surface area (Å²) in [7, 11) is 0. The number of rotatable bonds is 3. The van der Waals surface area contributed by atoms with Gasteiger partial charge in [-0.3, -0.25) is 9.97 Å². The van der Waals surface area contributed by atoms with E-state index in [1.165, 1.54) is 6.07 Å². The van der Waals surface area contributed by atoms with E-state index in [2.05, 4.69) is 15.3 Å². The first-order valence-electron chi connectivity index (χ1n) is 6.56. The second-order valence-electron chi connectivity index (χ2n) is 4.80. The maximum Gasteiger partial charge on any atom is 0.159 e. The lowest BCUT2D eigenvalue weighted by Crippen LogP contribution is -2.07. The summed E-state index contributed by atoms with van der Waals surface area (Å²) in [6.45, 7) is 1.88. The molecule has 106 valence electrons. The van der Waals surface area contributed by atoms with Gasteiger partial charge in [0.25, 0.3) is 0 Å². The average Bonchev–Trinajstić information content (AvgIpc) is 2.50. The molecule has 3 rings (SSSR count). The molecule has 1 N–H and O–H groups in total. The van der Waals surface area contributed by atoms with E-state index in [1.54, 1.807) is 18.5 Å². The molecule has 0 spiro atoms. The highest BCUT2D eigenvalue weighted by molar-refractivity contribution is 5.78. The summed E-state index contributed by atoms with van der Waals surface area (Å²) in [5.74, 6) is -1.68. The van der Waals surface area contributed by atoms with Crippen molar-refractivity contribution < 1.29 is 8.78 Å². The Labute approximate surface area is 120 Å². The summed E-state index contributed by atoms with van der Waals surface area (Å²) in [5, 5.41) is 3.24. The van der Waals surface area contributed by atoms with Gasteiger partial charge >= 0.3 is 0 Å². The Hall–Kier alpha value is -2.56. The number of anilines is 1. The normalized spacial score (nSPS) is 12.3. The van der Waals surface area contributed by atoms with Crippen LogP contribution in [0.25, 0.3) is 11.0 Å². The van der Waals surface area contributed by atoms with E-state index in [0.717, 1.165) is 22.8 Å². The minimum atomic E-state index is -0.842. The van der Waals surface area contributed by atoms with Gasteiger partial charge < -0.3 is 5.32 Å². The van der Waals surface area contributed by atoms with Gasteiger partial charge in [-0.15, -0.1) is 0 Å². The molecule has 0 aliphatic carbocycles. The number of halogens is 2. The molecule has 3 nitrogen and oxygen atoms in total. The highest BCUT2D eigenvalue weighted by atomic mass is 19.2. The van der Waals surface area contributed by atoms with Crippen LogP contribution >= 0.6 is 0 Å². The number of nitrogens with zero attached hydrogens (tertiary/aromatic N) is 2. The van der Waals surface area contributed by atoms with Crippen LogP contribution < -0.4 is 5.32 Å². The van der Waals surface area contributed by atoms with Crippen LogP contribution in [0.1, 0.15) is 18.5 Å². The average molecular weight is 285 g/mol. The molecule has 2 aromatic carbocycles. The lowest BCUT2D eigenvalue weighted by atomic mass is 10.1. The zero-order chi connectivity index (χ0) is 14.8. The van der Waals surface area contributed by atoms with E-state index in [-0.39, 0.29) is 6.04 Å². The largest absolute Gasteiger partial charge is 0.378 e. The maximum absolute atomic E-state index is 13.3. The van der Waals surface area contributed by atoms with Crippen LogP contribution in [0.4, 0.5) is 14.5 Å². The van der Waals surface area contributed by atoms with Crippen molar-refractivity contribution in [3.8, 4) is 0 Å². The Bertz CT molecular complexity index is 789. The van der Waals surface area contributed by atoms with Crippen LogP contribution in [0.2, 0.25) is 0 Å². The smallest absolute Gasteiger partial charge is 0.159 e. The molecular formula is C16H13F2N3. The van der Waals surface area contributed by atoms with E-state index in [4.69, 9.17) is 0 Å². The van der Waals surface area contributed by atoms with Crippen LogP contribution in [0.5, 0.6) is 0 Å². The Morgan fingerprint density at radius 3 is 2.43 bits per heavy atom. The van der Waals surface area contributed by atoms with Crippen molar-refractivity contribution >= 4 is 16.7 Å². The predicted octanol–water partition coefficient (Wildman–Crippen LogP) is 4.08. The Balaban J connectivity index is 1.85. The zero-order valence-corrected chi connectivity index (χ0v) is 11.3. The molecule has 21 heavy (non-hydrogen) atoms. The summed E-state index contributed by atoms with van der Waals surface area (Å²) in [6, 6.07) is 9.36. The number of nitrogens with one attached hydrogen (secondary N) is 1. The van der Waals surface area contributed by atoms with Crippen LogP contribution in [-0.2, 0) is 0 Å². The van der Waals surface area contributed by atoms with Gasteiger partial charge in [0.05, 0.1) is 11.0 Å². The Morgan fingerprint density at radius 2 is 1.67 bits per heavy atom. The van der Waals surface area contributed by atoms with Crippen molar-refractivity contribution in [1.29, 1.82) is 0 Å². The molecule has 0 bridgehead atoms. The molecule has 3 aromatic rings. The molecule has 0 aliphatic rings. The van der Waals surface area contributed by atoms with Gasteiger partial charge in [0.1, 0.15) is 0 Å². The van der Waals surface area contributed by atoms with Crippen molar-refractivity contribution in [3.63, 3.8) is 0 Å². The molecule has 0 fully saturated rings. The first-order chi connectivity index (χ1) is 10.1. The van der Waals surface area contributed by atoms with Crippen LogP contribution in [0, 0.1) is 11.6 Å². The fourth-order valence-electron chi connectivity index (χ4n) is 2.17. The summed E-state index contributed by atoms with van der Waals surface area (Å²) in [5.41, 5.74) is 3.11. The van der Waals surface area contributed by atoms with Crippen molar-refractivity contribution in [3.05, 3.63) is 66.0 Å². The molecule has 0 saturated heterocycles. The SMILES string of the molecule is CC(Nc1ccc2nccnc2c1)c1ccc(F)c(F)c1. The zero-order valence-electron chi connectivity index (χ0n) is 11.3. The topological polar surface area (TPSA) is 37.8 Å². The molecule has 1 unspecified atom stereocenters. The van der Waals surface area contributed by atoms with Gasteiger partial charge in [0.15, 0.2) is 11.6 Å². The molecule has 1 heterocycles. The van der Waals surface area contributed by atoms with Crippen molar-refractivity contribution in [2.24, 2.45) is 0 Å². The number of hydrogen-bond donors (Lipinski definition) is 1. The molecule has 0 radical (unpaired) electrons. The fourth-order valence-corrected chi connectivity index (χ4v) is 2.17. The molecule has 0 amide bonds. The molecule has 5 heteroatoms. The molecular weight excluding hydrogens is 272 g/mol.